The van der Waals surface area contributed by atoms with E-state index in [-0.39, 0.29) is 16.8 Å². The lowest BCUT2D eigenvalue weighted by Gasteiger charge is -2.26. The maximum atomic E-state index is 13.0. The number of carbonyl (C=O) groups is 2. The second kappa shape index (κ2) is 8.72. The number of anilines is 1. The molecule has 0 spiro atoms. The Labute approximate surface area is 153 Å². The van der Waals surface area contributed by atoms with Crippen LogP contribution in [0.15, 0.2) is 29.2 Å². The summed E-state index contributed by atoms with van der Waals surface area (Å²) in [5.74, 6) is 0.0774. The van der Waals surface area contributed by atoms with Crippen LogP contribution in [0.1, 0.15) is 32.6 Å². The SMILES string of the molecule is CC(=O)Nc1ccc(S(=O)(=O)N2[C@@H]3CCC[C@@H]3C[C@@H]2C=O)cc1.CNO. The highest BCUT2D eigenvalue weighted by atomic mass is 32.2. The Balaban J connectivity index is 0.000000758. The van der Waals surface area contributed by atoms with Crippen molar-refractivity contribution in [3.8, 4) is 0 Å². The average Bonchev–Trinajstić information content (AvgIpc) is 3.15. The molecule has 2 fully saturated rings. The maximum Gasteiger partial charge on any atom is 0.243 e. The van der Waals surface area contributed by atoms with E-state index in [4.69, 9.17) is 5.21 Å². The molecule has 0 radical (unpaired) electrons. The summed E-state index contributed by atoms with van der Waals surface area (Å²) in [5.41, 5.74) is 2.29. The van der Waals surface area contributed by atoms with Gasteiger partial charge in [-0.1, -0.05) is 6.42 Å². The molecule has 1 amide bonds. The first-order valence-electron chi connectivity index (χ1n) is 8.52. The third kappa shape index (κ3) is 4.29. The minimum absolute atomic E-state index is 0.0646. The molecule has 0 aromatic heterocycles. The van der Waals surface area contributed by atoms with Crippen molar-refractivity contribution in [3.63, 3.8) is 0 Å². The fourth-order valence-corrected chi connectivity index (χ4v) is 5.64. The van der Waals surface area contributed by atoms with E-state index in [1.807, 2.05) is 0 Å². The summed E-state index contributed by atoms with van der Waals surface area (Å²) in [7, 11) is -2.28. The van der Waals surface area contributed by atoms with E-state index in [9.17, 15) is 18.0 Å². The molecule has 144 valence electrons. The van der Waals surface area contributed by atoms with E-state index in [1.54, 1.807) is 17.6 Å². The highest BCUT2D eigenvalue weighted by Gasteiger charge is 2.49. The van der Waals surface area contributed by atoms with Crippen LogP contribution in [0, 0.1) is 5.92 Å². The van der Waals surface area contributed by atoms with Gasteiger partial charge in [-0.25, -0.2) is 13.9 Å². The first-order valence-corrected chi connectivity index (χ1v) is 9.96. The first-order chi connectivity index (χ1) is 12.3. The number of nitrogens with one attached hydrogen (secondary N) is 2. The van der Waals surface area contributed by atoms with Gasteiger partial charge in [0.2, 0.25) is 15.9 Å². The van der Waals surface area contributed by atoms with Crippen LogP contribution >= 0.6 is 0 Å². The Bertz CT molecular complexity index is 735. The van der Waals surface area contributed by atoms with Gasteiger partial charge in [-0.15, -0.1) is 0 Å². The summed E-state index contributed by atoms with van der Waals surface area (Å²) >= 11 is 0. The Hall–Kier alpha value is -1.81. The zero-order valence-electron chi connectivity index (χ0n) is 14.9. The standard InChI is InChI=1S/C16H20N2O4S.CH5NO/c1-11(20)17-13-5-7-15(8-6-13)23(21,22)18-14(10-19)9-12-3-2-4-16(12)18;1-2-3/h5-8,10,12,14,16H,2-4,9H2,1H3,(H,17,20);2-3H,1H3/t12-,14-,16-;/m1./s1. The fraction of sp³-hybridized carbons (Fsp3) is 0.529. The van der Waals surface area contributed by atoms with Gasteiger partial charge in [0.25, 0.3) is 0 Å². The third-order valence-electron chi connectivity index (χ3n) is 4.72. The van der Waals surface area contributed by atoms with Gasteiger partial charge in [-0.2, -0.15) is 4.31 Å². The zero-order valence-corrected chi connectivity index (χ0v) is 15.7. The van der Waals surface area contributed by atoms with Crippen molar-refractivity contribution in [2.75, 3.05) is 12.4 Å². The molecule has 1 saturated carbocycles. The molecule has 1 aromatic rings. The molecular weight excluding hydrogens is 358 g/mol. The van der Waals surface area contributed by atoms with Crippen LogP contribution in [0.5, 0.6) is 0 Å². The lowest BCUT2D eigenvalue weighted by molar-refractivity contribution is -0.114. The number of carbonyl (C=O) groups excluding carboxylic acids is 2. The molecule has 8 nitrogen and oxygen atoms in total. The molecule has 1 aliphatic carbocycles. The van der Waals surface area contributed by atoms with Crippen molar-refractivity contribution in [1.29, 1.82) is 0 Å². The number of benzene rings is 1. The number of sulfonamides is 1. The van der Waals surface area contributed by atoms with Gasteiger partial charge in [0.15, 0.2) is 0 Å². The van der Waals surface area contributed by atoms with Gasteiger partial charge in [0, 0.05) is 25.7 Å². The van der Waals surface area contributed by atoms with Crippen molar-refractivity contribution in [2.24, 2.45) is 5.92 Å². The molecule has 1 saturated heterocycles. The summed E-state index contributed by atoms with van der Waals surface area (Å²) in [5, 5.41) is 9.93. The number of rotatable bonds is 4. The molecule has 1 aliphatic heterocycles. The van der Waals surface area contributed by atoms with E-state index < -0.39 is 16.1 Å². The number of nitrogens with zero attached hydrogens (tertiary/aromatic N) is 1. The average molecular weight is 383 g/mol. The highest BCUT2D eigenvalue weighted by molar-refractivity contribution is 7.89. The van der Waals surface area contributed by atoms with E-state index in [2.05, 4.69) is 5.32 Å². The van der Waals surface area contributed by atoms with Crippen molar-refractivity contribution in [3.05, 3.63) is 24.3 Å². The number of amides is 1. The van der Waals surface area contributed by atoms with Crippen LogP contribution in [0.25, 0.3) is 0 Å². The predicted molar refractivity (Wildman–Crippen MR) is 96.2 cm³/mol. The van der Waals surface area contributed by atoms with E-state index in [1.165, 1.54) is 30.4 Å². The van der Waals surface area contributed by atoms with Crippen molar-refractivity contribution in [1.82, 2.24) is 9.79 Å². The van der Waals surface area contributed by atoms with Crippen LogP contribution in [-0.4, -0.2) is 49.3 Å². The number of hydrogen-bond acceptors (Lipinski definition) is 6. The quantitative estimate of drug-likeness (QED) is 0.534. The number of hydrogen-bond donors (Lipinski definition) is 3. The predicted octanol–water partition coefficient (Wildman–Crippen LogP) is 1.37. The van der Waals surface area contributed by atoms with Gasteiger partial charge in [0.1, 0.15) is 6.29 Å². The third-order valence-corrected chi connectivity index (χ3v) is 6.69. The molecule has 3 N–H and O–H groups in total. The highest BCUT2D eigenvalue weighted by Crippen LogP contribution is 2.43. The second-order valence-corrected chi connectivity index (χ2v) is 8.30. The molecular formula is C17H25N3O5S. The Morgan fingerprint density at radius 3 is 2.42 bits per heavy atom. The lowest BCUT2D eigenvalue weighted by atomic mass is 10.0. The molecule has 0 bridgehead atoms. The van der Waals surface area contributed by atoms with Crippen LogP contribution in [-0.2, 0) is 19.6 Å². The minimum Gasteiger partial charge on any atom is -0.326 e. The summed E-state index contributed by atoms with van der Waals surface area (Å²) in [6.45, 7) is 1.39. The summed E-state index contributed by atoms with van der Waals surface area (Å²) in [6.07, 6.45) is 4.19. The topological polar surface area (TPSA) is 116 Å². The Kier molecular flexibility index (Phi) is 6.87. The van der Waals surface area contributed by atoms with Crippen LogP contribution in [0.2, 0.25) is 0 Å². The van der Waals surface area contributed by atoms with Crippen LogP contribution in [0.4, 0.5) is 5.69 Å². The zero-order chi connectivity index (χ0) is 19.3. The summed E-state index contributed by atoms with van der Waals surface area (Å²) < 4.78 is 27.3. The van der Waals surface area contributed by atoms with Gasteiger partial charge in [-0.3, -0.25) is 4.79 Å². The Morgan fingerprint density at radius 1 is 1.27 bits per heavy atom. The fourth-order valence-electron chi connectivity index (χ4n) is 3.79. The molecule has 0 unspecified atom stereocenters. The van der Waals surface area contributed by atoms with Crippen molar-refractivity contribution < 1.29 is 23.2 Å². The van der Waals surface area contributed by atoms with Gasteiger partial charge in [-0.05, 0) is 49.4 Å². The van der Waals surface area contributed by atoms with Crippen LogP contribution < -0.4 is 10.8 Å². The Morgan fingerprint density at radius 2 is 1.88 bits per heavy atom. The van der Waals surface area contributed by atoms with Crippen LogP contribution in [0.3, 0.4) is 0 Å². The lowest BCUT2D eigenvalue weighted by Crippen LogP contribution is -2.41. The molecule has 2 aliphatic rings. The van der Waals surface area contributed by atoms with Crippen molar-refractivity contribution in [2.45, 2.75) is 49.6 Å². The number of aldehydes is 1. The number of hydroxylamine groups is 1. The van der Waals surface area contributed by atoms with Gasteiger partial charge in [0.05, 0.1) is 10.9 Å². The molecule has 9 heteroatoms. The molecule has 3 rings (SSSR count). The van der Waals surface area contributed by atoms with Crippen molar-refractivity contribution >= 4 is 27.9 Å². The van der Waals surface area contributed by atoms with E-state index in [0.717, 1.165) is 25.5 Å². The van der Waals surface area contributed by atoms with E-state index in [0.29, 0.717) is 18.0 Å². The normalized spacial score (nSPS) is 25.1. The second-order valence-electron chi connectivity index (χ2n) is 6.46. The van der Waals surface area contributed by atoms with E-state index >= 15 is 0 Å². The molecule has 3 atom stereocenters. The molecule has 26 heavy (non-hydrogen) atoms. The molecule has 1 aromatic carbocycles. The van der Waals surface area contributed by atoms with Gasteiger partial charge >= 0.3 is 0 Å². The summed E-state index contributed by atoms with van der Waals surface area (Å²) in [4.78, 5) is 22.5. The largest absolute Gasteiger partial charge is 0.326 e. The molecule has 1 heterocycles. The van der Waals surface area contributed by atoms with Gasteiger partial charge < -0.3 is 15.3 Å². The first kappa shape index (κ1) is 20.5. The minimum atomic E-state index is -3.71. The number of fused-ring (bicyclic) bond motifs is 1. The summed E-state index contributed by atoms with van der Waals surface area (Å²) in [6, 6.07) is 5.45. The maximum absolute atomic E-state index is 13.0. The smallest absolute Gasteiger partial charge is 0.243 e. The monoisotopic (exact) mass is 383 g/mol.